The molecule has 2 amide bonds. The third-order valence-corrected chi connectivity index (χ3v) is 5.64. The lowest BCUT2D eigenvalue weighted by atomic mass is 10.2. The molecule has 1 aliphatic carbocycles. The van der Waals surface area contributed by atoms with Crippen LogP contribution in [0.25, 0.3) is 0 Å². The van der Waals surface area contributed by atoms with Crippen molar-refractivity contribution in [3.63, 3.8) is 0 Å². The van der Waals surface area contributed by atoms with Crippen molar-refractivity contribution in [1.82, 2.24) is 10.2 Å². The van der Waals surface area contributed by atoms with Crippen molar-refractivity contribution >= 4 is 29.1 Å². The lowest BCUT2D eigenvalue weighted by Crippen LogP contribution is -2.41. The summed E-state index contributed by atoms with van der Waals surface area (Å²) in [6.07, 6.45) is 1.93. The van der Waals surface area contributed by atoms with E-state index in [4.69, 9.17) is 16.3 Å². The van der Waals surface area contributed by atoms with Gasteiger partial charge in [-0.2, -0.15) is 8.78 Å². The Morgan fingerprint density at radius 3 is 2.61 bits per heavy atom. The quantitative estimate of drug-likeness (QED) is 0.507. The molecule has 1 fully saturated rings. The molecule has 0 aromatic heterocycles. The second-order valence-electron chi connectivity index (χ2n) is 7.74. The summed E-state index contributed by atoms with van der Waals surface area (Å²) in [5.41, 5.74) is 2.14. The summed E-state index contributed by atoms with van der Waals surface area (Å²) in [5.74, 6) is -0.496. The molecular weight excluding hydrogens is 456 g/mol. The Bertz CT molecular complexity index is 1000. The molecule has 1 aliphatic rings. The zero-order valence-electron chi connectivity index (χ0n) is 18.4. The average molecular weight is 482 g/mol. The van der Waals surface area contributed by atoms with E-state index in [0.717, 1.165) is 24.0 Å². The van der Waals surface area contributed by atoms with Crippen LogP contribution in [0.3, 0.4) is 0 Å². The van der Waals surface area contributed by atoms with Gasteiger partial charge in [-0.05, 0) is 55.2 Å². The first-order valence-electron chi connectivity index (χ1n) is 10.4. The van der Waals surface area contributed by atoms with Gasteiger partial charge in [0.1, 0.15) is 0 Å². The number of carbonyl (C=O) groups is 2. The first kappa shape index (κ1) is 24.7. The minimum atomic E-state index is -2.95. The number of halogens is 3. The summed E-state index contributed by atoms with van der Waals surface area (Å²) in [5, 5.41) is 5.91. The largest absolute Gasteiger partial charge is 0.493 e. The maximum absolute atomic E-state index is 12.5. The van der Waals surface area contributed by atoms with E-state index in [1.165, 1.54) is 13.2 Å². The first-order valence-corrected chi connectivity index (χ1v) is 10.8. The van der Waals surface area contributed by atoms with Crippen molar-refractivity contribution in [1.29, 1.82) is 0 Å². The van der Waals surface area contributed by atoms with Gasteiger partial charge in [-0.1, -0.05) is 23.7 Å². The Labute approximate surface area is 196 Å². The van der Waals surface area contributed by atoms with Crippen molar-refractivity contribution in [2.45, 2.75) is 39.0 Å². The maximum atomic E-state index is 12.5. The maximum Gasteiger partial charge on any atom is 0.387 e. The highest BCUT2D eigenvalue weighted by Crippen LogP contribution is 2.32. The summed E-state index contributed by atoms with van der Waals surface area (Å²) >= 11 is 6.06. The zero-order valence-corrected chi connectivity index (χ0v) is 19.1. The molecule has 0 atom stereocenters. The minimum absolute atomic E-state index is 0.0482. The molecule has 0 unspecified atom stereocenters. The highest BCUT2D eigenvalue weighted by atomic mass is 35.5. The van der Waals surface area contributed by atoms with Gasteiger partial charge in [0.05, 0.1) is 20.2 Å². The number of hydrogen-bond donors (Lipinski definition) is 2. The third kappa shape index (κ3) is 7.30. The molecule has 7 nitrogen and oxygen atoms in total. The number of alkyl halides is 2. The van der Waals surface area contributed by atoms with Crippen molar-refractivity contribution in [2.24, 2.45) is 0 Å². The third-order valence-electron chi connectivity index (χ3n) is 5.23. The number of carbonyl (C=O) groups excluding carboxylic acids is 2. The van der Waals surface area contributed by atoms with Crippen molar-refractivity contribution in [3.8, 4) is 11.5 Å². The highest BCUT2D eigenvalue weighted by molar-refractivity contribution is 6.31. The normalized spacial score (nSPS) is 13.2. The highest BCUT2D eigenvalue weighted by Gasteiger charge is 2.30. The van der Waals surface area contributed by atoms with Crippen LogP contribution < -0.4 is 20.1 Å². The van der Waals surface area contributed by atoms with Gasteiger partial charge < -0.3 is 20.1 Å². The van der Waals surface area contributed by atoms with E-state index in [2.05, 4.69) is 15.4 Å². The van der Waals surface area contributed by atoms with Crippen LogP contribution in [0.5, 0.6) is 11.5 Å². The fourth-order valence-electron chi connectivity index (χ4n) is 3.35. The molecule has 2 aromatic rings. The minimum Gasteiger partial charge on any atom is -0.493 e. The molecule has 10 heteroatoms. The molecule has 0 radical (unpaired) electrons. The van der Waals surface area contributed by atoms with Gasteiger partial charge in [0.2, 0.25) is 11.8 Å². The second-order valence-corrected chi connectivity index (χ2v) is 8.14. The van der Waals surface area contributed by atoms with Gasteiger partial charge in [0.25, 0.3) is 0 Å². The number of ether oxygens (including phenoxy) is 2. The van der Waals surface area contributed by atoms with Gasteiger partial charge in [-0.25, -0.2) is 0 Å². The topological polar surface area (TPSA) is 79.9 Å². The summed E-state index contributed by atoms with van der Waals surface area (Å²) in [6, 6.07) is 10.2. The molecule has 0 saturated heterocycles. The predicted octanol–water partition coefficient (Wildman–Crippen LogP) is 3.98. The Kier molecular flexibility index (Phi) is 8.46. The van der Waals surface area contributed by atoms with E-state index in [0.29, 0.717) is 17.3 Å². The Morgan fingerprint density at radius 1 is 1.18 bits per heavy atom. The van der Waals surface area contributed by atoms with Gasteiger partial charge in [0, 0.05) is 23.3 Å². The van der Waals surface area contributed by atoms with Crippen LogP contribution in [-0.4, -0.2) is 49.6 Å². The van der Waals surface area contributed by atoms with Crippen LogP contribution in [0.4, 0.5) is 14.5 Å². The molecule has 3 rings (SSSR count). The first-order chi connectivity index (χ1) is 15.8. The standard InChI is InChI=1S/C23H26ClF2N3O4/c1-14-17(24)4-3-5-18(14)28-21(30)11-27-22(31)13-29(16-7-8-16)12-15-6-9-19(33-23(25)26)20(10-15)32-2/h3-6,9-10,16,23H,7-8,11-13H2,1-2H3,(H,27,31)(H,28,30). The number of anilines is 1. The van der Waals surface area contributed by atoms with E-state index in [1.54, 1.807) is 37.3 Å². The molecule has 0 bridgehead atoms. The van der Waals surface area contributed by atoms with E-state index in [9.17, 15) is 18.4 Å². The van der Waals surface area contributed by atoms with Crippen LogP contribution in [0.2, 0.25) is 5.02 Å². The zero-order chi connectivity index (χ0) is 24.0. The number of methoxy groups -OCH3 is 1. The van der Waals surface area contributed by atoms with Gasteiger partial charge in [-0.3, -0.25) is 14.5 Å². The number of amides is 2. The van der Waals surface area contributed by atoms with Crippen LogP contribution in [0.1, 0.15) is 24.0 Å². The molecule has 1 saturated carbocycles. The number of hydrogen-bond acceptors (Lipinski definition) is 5. The van der Waals surface area contributed by atoms with Crippen LogP contribution in [0, 0.1) is 6.92 Å². The molecular formula is C23H26ClF2N3O4. The van der Waals surface area contributed by atoms with E-state index < -0.39 is 6.61 Å². The molecule has 0 aliphatic heterocycles. The lowest BCUT2D eigenvalue weighted by Gasteiger charge is -2.22. The summed E-state index contributed by atoms with van der Waals surface area (Å²) < 4.78 is 34.7. The van der Waals surface area contributed by atoms with Crippen LogP contribution in [0.15, 0.2) is 36.4 Å². The Morgan fingerprint density at radius 2 is 1.94 bits per heavy atom. The number of nitrogens with one attached hydrogen (secondary N) is 2. The SMILES string of the molecule is COc1cc(CN(CC(=O)NCC(=O)Nc2cccc(Cl)c2C)C2CC2)ccc1OC(F)F. The molecule has 2 N–H and O–H groups in total. The van der Waals surface area contributed by atoms with Gasteiger partial charge >= 0.3 is 6.61 Å². The van der Waals surface area contributed by atoms with Crippen LogP contribution in [-0.2, 0) is 16.1 Å². The van der Waals surface area contributed by atoms with E-state index in [-0.39, 0.29) is 42.4 Å². The molecule has 2 aromatic carbocycles. The van der Waals surface area contributed by atoms with Crippen LogP contribution >= 0.6 is 11.6 Å². The number of benzene rings is 2. The van der Waals surface area contributed by atoms with E-state index in [1.807, 2.05) is 4.90 Å². The van der Waals surface area contributed by atoms with Crippen molar-refractivity contribution < 1.29 is 27.8 Å². The Balaban J connectivity index is 1.54. The van der Waals surface area contributed by atoms with E-state index >= 15 is 0 Å². The molecule has 0 heterocycles. The smallest absolute Gasteiger partial charge is 0.387 e. The fourth-order valence-corrected chi connectivity index (χ4v) is 3.52. The number of rotatable bonds is 11. The lowest BCUT2D eigenvalue weighted by molar-refractivity contribution is -0.125. The molecule has 33 heavy (non-hydrogen) atoms. The fraction of sp³-hybridized carbons (Fsp3) is 0.391. The second kappa shape index (κ2) is 11.3. The van der Waals surface area contributed by atoms with Gasteiger partial charge in [-0.15, -0.1) is 0 Å². The monoisotopic (exact) mass is 481 g/mol. The molecule has 0 spiro atoms. The number of nitrogens with zero attached hydrogens (tertiary/aromatic N) is 1. The van der Waals surface area contributed by atoms with Crippen molar-refractivity contribution in [3.05, 3.63) is 52.5 Å². The predicted molar refractivity (Wildman–Crippen MR) is 121 cm³/mol. The molecule has 178 valence electrons. The Hall–Kier alpha value is -2.91. The van der Waals surface area contributed by atoms with Crippen molar-refractivity contribution in [2.75, 3.05) is 25.5 Å². The van der Waals surface area contributed by atoms with Gasteiger partial charge in [0.15, 0.2) is 11.5 Å². The summed E-state index contributed by atoms with van der Waals surface area (Å²) in [7, 11) is 1.37. The summed E-state index contributed by atoms with van der Waals surface area (Å²) in [4.78, 5) is 26.7. The average Bonchev–Trinajstić information content (AvgIpc) is 3.61. The summed E-state index contributed by atoms with van der Waals surface area (Å²) in [6.45, 7) is -0.790.